The number of hydrogen-bond acceptors (Lipinski definition) is 3. The zero-order valence-corrected chi connectivity index (χ0v) is 10.3. The van der Waals surface area contributed by atoms with Crippen LogP contribution in [0.15, 0.2) is 18.2 Å². The van der Waals surface area contributed by atoms with Crippen molar-refractivity contribution >= 4 is 11.7 Å². The van der Waals surface area contributed by atoms with Crippen LogP contribution in [0, 0.1) is 5.92 Å². The summed E-state index contributed by atoms with van der Waals surface area (Å²) < 4.78 is 5.56. The molecular weight excluding hydrogens is 218 g/mol. The van der Waals surface area contributed by atoms with E-state index in [0.29, 0.717) is 18.3 Å². The molecule has 4 heteroatoms. The second kappa shape index (κ2) is 6.13. The van der Waals surface area contributed by atoms with Crippen LogP contribution in [-0.2, 0) is 0 Å². The topological polar surface area (TPSA) is 72.5 Å². The molecule has 0 atom stereocenters. The van der Waals surface area contributed by atoms with Gasteiger partial charge in [-0.15, -0.1) is 0 Å². The molecule has 0 spiro atoms. The first kappa shape index (κ1) is 13.4. The van der Waals surface area contributed by atoms with Gasteiger partial charge in [-0.25, -0.2) is 4.79 Å². The third kappa shape index (κ3) is 3.37. The minimum Gasteiger partial charge on any atom is -0.492 e. The van der Waals surface area contributed by atoms with Crippen LogP contribution in [0.1, 0.15) is 37.0 Å². The number of carboxylic acid groups (broad SMARTS) is 1. The van der Waals surface area contributed by atoms with E-state index in [1.54, 1.807) is 18.2 Å². The van der Waals surface area contributed by atoms with Crippen LogP contribution in [0.3, 0.4) is 0 Å². The van der Waals surface area contributed by atoms with Crippen molar-refractivity contribution in [3.05, 3.63) is 23.8 Å². The summed E-state index contributed by atoms with van der Waals surface area (Å²) in [5.41, 5.74) is 5.92. The van der Waals surface area contributed by atoms with Crippen molar-refractivity contribution in [1.82, 2.24) is 0 Å². The van der Waals surface area contributed by atoms with Gasteiger partial charge in [0.1, 0.15) is 11.3 Å². The van der Waals surface area contributed by atoms with E-state index in [4.69, 9.17) is 15.6 Å². The number of carbonyl (C=O) groups is 1. The summed E-state index contributed by atoms with van der Waals surface area (Å²) >= 11 is 0. The van der Waals surface area contributed by atoms with E-state index in [1.807, 2.05) is 0 Å². The van der Waals surface area contributed by atoms with Gasteiger partial charge in [-0.3, -0.25) is 0 Å². The van der Waals surface area contributed by atoms with Crippen LogP contribution in [0.5, 0.6) is 5.75 Å². The molecule has 1 aromatic rings. The van der Waals surface area contributed by atoms with Gasteiger partial charge in [0.15, 0.2) is 0 Å². The quantitative estimate of drug-likeness (QED) is 0.746. The third-order valence-electron chi connectivity index (χ3n) is 2.90. The Morgan fingerprint density at radius 3 is 2.59 bits per heavy atom. The molecule has 17 heavy (non-hydrogen) atoms. The lowest BCUT2D eigenvalue weighted by Gasteiger charge is -2.15. The van der Waals surface area contributed by atoms with Crippen LogP contribution in [0.2, 0.25) is 0 Å². The maximum Gasteiger partial charge on any atom is 0.341 e. The van der Waals surface area contributed by atoms with Crippen molar-refractivity contribution in [2.45, 2.75) is 26.7 Å². The molecule has 0 aromatic heterocycles. The van der Waals surface area contributed by atoms with Crippen molar-refractivity contribution in [1.29, 1.82) is 0 Å². The summed E-state index contributed by atoms with van der Waals surface area (Å²) in [5, 5.41) is 9.07. The van der Waals surface area contributed by atoms with Crippen LogP contribution < -0.4 is 10.5 Å². The minimum atomic E-state index is -1.05. The number of aromatic carboxylic acids is 1. The normalized spacial score (nSPS) is 10.5. The second-order valence-electron chi connectivity index (χ2n) is 4.02. The molecule has 0 saturated carbocycles. The summed E-state index contributed by atoms with van der Waals surface area (Å²) in [4.78, 5) is 11.1. The Hall–Kier alpha value is -1.71. The number of nitrogen functional groups attached to an aromatic ring is 1. The Balaban J connectivity index is 2.84. The first-order valence-electron chi connectivity index (χ1n) is 5.84. The monoisotopic (exact) mass is 237 g/mol. The molecule has 0 fully saturated rings. The smallest absolute Gasteiger partial charge is 0.341 e. The highest BCUT2D eigenvalue weighted by molar-refractivity contribution is 5.96. The summed E-state index contributed by atoms with van der Waals surface area (Å²) in [6.45, 7) is 4.71. The second-order valence-corrected chi connectivity index (χ2v) is 4.02. The van der Waals surface area contributed by atoms with E-state index >= 15 is 0 Å². The molecule has 1 rings (SSSR count). The van der Waals surface area contributed by atoms with Crippen molar-refractivity contribution in [2.75, 3.05) is 12.3 Å². The maximum atomic E-state index is 11.1. The van der Waals surface area contributed by atoms with Crippen molar-refractivity contribution < 1.29 is 14.6 Å². The van der Waals surface area contributed by atoms with E-state index < -0.39 is 5.97 Å². The number of benzene rings is 1. The number of nitrogens with two attached hydrogens (primary N) is 1. The molecule has 0 amide bonds. The zero-order valence-electron chi connectivity index (χ0n) is 10.3. The van der Waals surface area contributed by atoms with Gasteiger partial charge in [-0.2, -0.15) is 0 Å². The van der Waals surface area contributed by atoms with Gasteiger partial charge >= 0.3 is 5.97 Å². The highest BCUT2D eigenvalue weighted by Gasteiger charge is 2.15. The highest BCUT2D eigenvalue weighted by Crippen LogP contribution is 2.25. The molecule has 4 nitrogen and oxygen atoms in total. The first-order chi connectivity index (χ1) is 8.10. The van der Waals surface area contributed by atoms with Crippen molar-refractivity contribution in [3.63, 3.8) is 0 Å². The molecule has 0 aliphatic rings. The highest BCUT2D eigenvalue weighted by atomic mass is 16.5. The Bertz CT molecular complexity index is 386. The summed E-state index contributed by atoms with van der Waals surface area (Å²) in [7, 11) is 0. The van der Waals surface area contributed by atoms with Gasteiger partial charge in [-0.05, 0) is 18.1 Å². The van der Waals surface area contributed by atoms with Crippen LogP contribution in [-0.4, -0.2) is 17.7 Å². The minimum absolute atomic E-state index is 0.0541. The van der Waals surface area contributed by atoms with E-state index in [2.05, 4.69) is 13.8 Å². The summed E-state index contributed by atoms with van der Waals surface area (Å²) in [6, 6.07) is 4.90. The lowest BCUT2D eigenvalue weighted by atomic mass is 10.1. The lowest BCUT2D eigenvalue weighted by Crippen LogP contribution is -2.13. The molecule has 0 radical (unpaired) electrons. The SMILES string of the molecule is CCC(CC)COc1cccc(N)c1C(=O)O. The predicted molar refractivity (Wildman–Crippen MR) is 67.4 cm³/mol. The fourth-order valence-corrected chi connectivity index (χ4v) is 1.63. The van der Waals surface area contributed by atoms with Crippen molar-refractivity contribution in [2.24, 2.45) is 5.92 Å². The summed E-state index contributed by atoms with van der Waals surface area (Å²) in [6.07, 6.45) is 2.03. The molecule has 1 aromatic carbocycles. The molecule has 0 saturated heterocycles. The maximum absolute atomic E-state index is 11.1. The number of rotatable bonds is 6. The van der Waals surface area contributed by atoms with Gasteiger partial charge in [0.2, 0.25) is 0 Å². The summed E-state index contributed by atoms with van der Waals surface area (Å²) in [5.74, 6) is -0.259. The predicted octanol–water partition coefficient (Wildman–Crippen LogP) is 2.78. The third-order valence-corrected chi connectivity index (χ3v) is 2.90. The van der Waals surface area contributed by atoms with Gasteiger partial charge in [0.25, 0.3) is 0 Å². The standard InChI is InChI=1S/C13H19NO3/c1-3-9(4-2)8-17-11-7-5-6-10(14)12(11)13(15)16/h5-7,9H,3-4,8,14H2,1-2H3,(H,15,16). The van der Waals surface area contributed by atoms with Gasteiger partial charge in [-0.1, -0.05) is 32.8 Å². The molecular formula is C13H19NO3. The van der Waals surface area contributed by atoms with E-state index in [-0.39, 0.29) is 11.3 Å². The Morgan fingerprint density at radius 1 is 1.41 bits per heavy atom. The fraction of sp³-hybridized carbons (Fsp3) is 0.462. The number of ether oxygens (including phenoxy) is 1. The Labute approximate surface area is 101 Å². The molecule has 3 N–H and O–H groups in total. The molecule has 0 heterocycles. The number of anilines is 1. The first-order valence-corrected chi connectivity index (χ1v) is 5.84. The fourth-order valence-electron chi connectivity index (χ4n) is 1.63. The number of hydrogen-bond donors (Lipinski definition) is 2. The molecule has 94 valence electrons. The van der Waals surface area contributed by atoms with Gasteiger partial charge < -0.3 is 15.6 Å². The van der Waals surface area contributed by atoms with Crippen LogP contribution in [0.25, 0.3) is 0 Å². The Kier molecular flexibility index (Phi) is 4.82. The average Bonchev–Trinajstić information content (AvgIpc) is 2.29. The average molecular weight is 237 g/mol. The molecule has 0 aliphatic carbocycles. The largest absolute Gasteiger partial charge is 0.492 e. The van der Waals surface area contributed by atoms with Gasteiger partial charge in [0, 0.05) is 5.69 Å². The number of carboxylic acids is 1. The molecule has 0 unspecified atom stereocenters. The van der Waals surface area contributed by atoms with E-state index in [0.717, 1.165) is 12.8 Å². The molecule has 0 aliphatic heterocycles. The van der Waals surface area contributed by atoms with Crippen LogP contribution in [0.4, 0.5) is 5.69 Å². The van der Waals surface area contributed by atoms with Crippen LogP contribution >= 0.6 is 0 Å². The lowest BCUT2D eigenvalue weighted by molar-refractivity contribution is 0.0692. The zero-order chi connectivity index (χ0) is 12.8. The van der Waals surface area contributed by atoms with E-state index in [9.17, 15) is 4.79 Å². The molecule has 0 bridgehead atoms. The van der Waals surface area contributed by atoms with E-state index in [1.165, 1.54) is 0 Å². The van der Waals surface area contributed by atoms with Gasteiger partial charge in [0.05, 0.1) is 6.61 Å². The van der Waals surface area contributed by atoms with Crippen molar-refractivity contribution in [3.8, 4) is 5.75 Å². The Morgan fingerprint density at radius 2 is 2.06 bits per heavy atom.